The van der Waals surface area contributed by atoms with Gasteiger partial charge in [0, 0.05) is 22.8 Å². The zero-order chi connectivity index (χ0) is 13.0. The molecule has 0 fully saturated rings. The highest BCUT2D eigenvalue weighted by Gasteiger charge is 2.05. The van der Waals surface area contributed by atoms with Crippen LogP contribution in [0.15, 0.2) is 52.3 Å². The Hall–Kier alpha value is -2.01. The Labute approximate surface area is 108 Å². The van der Waals surface area contributed by atoms with Crippen molar-refractivity contribution in [3.63, 3.8) is 0 Å². The highest BCUT2D eigenvalue weighted by molar-refractivity contribution is 7.98. The van der Waals surface area contributed by atoms with Crippen molar-refractivity contribution in [1.29, 1.82) is 0 Å². The summed E-state index contributed by atoms with van der Waals surface area (Å²) in [5, 5.41) is 2.78. The first-order chi connectivity index (χ1) is 8.69. The molecule has 92 valence electrons. The molecule has 0 saturated heterocycles. The van der Waals surface area contributed by atoms with Crippen molar-refractivity contribution in [3.05, 3.63) is 58.5 Å². The van der Waals surface area contributed by atoms with E-state index in [4.69, 9.17) is 0 Å². The zero-order valence-electron chi connectivity index (χ0n) is 9.77. The fourth-order valence-corrected chi connectivity index (χ4v) is 1.92. The summed E-state index contributed by atoms with van der Waals surface area (Å²) in [6, 6.07) is 10.4. The predicted molar refractivity (Wildman–Crippen MR) is 73.2 cm³/mol. The number of thioether (sulfide) groups is 1. The lowest BCUT2D eigenvalue weighted by Crippen LogP contribution is -2.14. The first-order valence-corrected chi connectivity index (χ1v) is 6.55. The molecule has 0 radical (unpaired) electrons. The molecular weight excluding hydrogens is 248 g/mol. The van der Waals surface area contributed by atoms with Crippen LogP contribution in [0.3, 0.4) is 0 Å². The maximum absolute atomic E-state index is 11.9. The normalized spacial score (nSPS) is 10.1. The van der Waals surface area contributed by atoms with E-state index in [1.54, 1.807) is 11.8 Å². The fraction of sp³-hybridized carbons (Fsp3) is 0.0769. The summed E-state index contributed by atoms with van der Waals surface area (Å²) < 4.78 is 0. The van der Waals surface area contributed by atoms with Gasteiger partial charge in [-0.15, -0.1) is 11.8 Å². The summed E-state index contributed by atoms with van der Waals surface area (Å²) >= 11 is 1.61. The zero-order valence-corrected chi connectivity index (χ0v) is 10.6. The van der Waals surface area contributed by atoms with Crippen LogP contribution in [0, 0.1) is 0 Å². The van der Waals surface area contributed by atoms with E-state index in [9.17, 15) is 9.59 Å². The van der Waals surface area contributed by atoms with Crippen LogP contribution in [0.5, 0.6) is 0 Å². The number of hydrogen-bond donors (Lipinski definition) is 2. The molecule has 5 heteroatoms. The molecule has 0 spiro atoms. The number of aromatic amines is 1. The van der Waals surface area contributed by atoms with Gasteiger partial charge in [-0.05, 0) is 30.5 Å². The second-order valence-electron chi connectivity index (χ2n) is 3.63. The van der Waals surface area contributed by atoms with Crippen LogP contribution < -0.4 is 10.9 Å². The number of H-pyrrole nitrogens is 1. The lowest BCUT2D eigenvalue weighted by molar-refractivity contribution is 0.102. The van der Waals surface area contributed by atoms with Gasteiger partial charge in [0.1, 0.15) is 0 Å². The van der Waals surface area contributed by atoms with Gasteiger partial charge in [0.05, 0.1) is 5.56 Å². The number of benzene rings is 1. The molecule has 1 aromatic carbocycles. The summed E-state index contributed by atoms with van der Waals surface area (Å²) in [6.45, 7) is 0. The minimum Gasteiger partial charge on any atom is -0.328 e. The Morgan fingerprint density at radius 3 is 2.78 bits per heavy atom. The summed E-state index contributed by atoms with van der Waals surface area (Å²) in [5.41, 5.74) is 0.929. The molecule has 1 aromatic heterocycles. The lowest BCUT2D eigenvalue weighted by atomic mass is 10.2. The molecule has 4 nitrogen and oxygen atoms in total. The number of aromatic nitrogens is 1. The van der Waals surface area contributed by atoms with Crippen molar-refractivity contribution in [1.82, 2.24) is 4.98 Å². The van der Waals surface area contributed by atoms with Crippen LogP contribution in [0.4, 0.5) is 5.69 Å². The minimum absolute atomic E-state index is 0.226. The molecular formula is C13H12N2O2S. The molecule has 0 saturated carbocycles. The Kier molecular flexibility index (Phi) is 3.84. The SMILES string of the molecule is CSc1cccc(NC(=O)c2ccc(=O)[nH]c2)c1. The highest BCUT2D eigenvalue weighted by Crippen LogP contribution is 2.19. The monoisotopic (exact) mass is 260 g/mol. The topological polar surface area (TPSA) is 62.0 Å². The second-order valence-corrected chi connectivity index (χ2v) is 4.51. The molecule has 0 aliphatic heterocycles. The number of carbonyl (C=O) groups is 1. The first kappa shape index (κ1) is 12.4. The molecule has 0 aliphatic carbocycles. The first-order valence-electron chi connectivity index (χ1n) is 5.33. The second kappa shape index (κ2) is 5.55. The van der Waals surface area contributed by atoms with E-state index >= 15 is 0 Å². The standard InChI is InChI=1S/C13H12N2O2S/c1-18-11-4-2-3-10(7-11)15-13(17)9-5-6-12(16)14-8-9/h2-8H,1H3,(H,14,16)(H,15,17). The molecule has 2 rings (SSSR count). The van der Waals surface area contributed by atoms with E-state index in [1.165, 1.54) is 18.3 Å². The van der Waals surface area contributed by atoms with E-state index in [2.05, 4.69) is 10.3 Å². The third-order valence-corrected chi connectivity index (χ3v) is 3.10. The van der Waals surface area contributed by atoms with Crippen LogP contribution in [-0.2, 0) is 0 Å². The number of anilines is 1. The molecule has 2 aromatic rings. The van der Waals surface area contributed by atoms with Gasteiger partial charge in [-0.1, -0.05) is 6.07 Å². The number of pyridine rings is 1. The van der Waals surface area contributed by atoms with Gasteiger partial charge in [-0.3, -0.25) is 9.59 Å². The van der Waals surface area contributed by atoms with Gasteiger partial charge in [-0.2, -0.15) is 0 Å². The Morgan fingerprint density at radius 1 is 1.28 bits per heavy atom. The van der Waals surface area contributed by atoms with Crippen molar-refractivity contribution in [2.75, 3.05) is 11.6 Å². The third-order valence-electron chi connectivity index (χ3n) is 2.37. The van der Waals surface area contributed by atoms with E-state index in [0.29, 0.717) is 5.56 Å². The Morgan fingerprint density at radius 2 is 2.11 bits per heavy atom. The predicted octanol–water partition coefficient (Wildman–Crippen LogP) is 2.35. The van der Waals surface area contributed by atoms with Crippen LogP contribution in [0.1, 0.15) is 10.4 Å². The Balaban J connectivity index is 2.15. The molecule has 2 N–H and O–H groups in total. The average molecular weight is 260 g/mol. The summed E-state index contributed by atoms with van der Waals surface area (Å²) in [5.74, 6) is -0.246. The molecule has 1 amide bonds. The maximum Gasteiger partial charge on any atom is 0.257 e. The van der Waals surface area contributed by atoms with Gasteiger partial charge in [0.25, 0.3) is 5.91 Å². The van der Waals surface area contributed by atoms with E-state index in [-0.39, 0.29) is 11.5 Å². The number of amides is 1. The van der Waals surface area contributed by atoms with Gasteiger partial charge in [0.2, 0.25) is 5.56 Å². The molecule has 0 atom stereocenters. The fourth-order valence-electron chi connectivity index (χ4n) is 1.46. The number of hydrogen-bond acceptors (Lipinski definition) is 3. The van der Waals surface area contributed by atoms with E-state index < -0.39 is 0 Å². The largest absolute Gasteiger partial charge is 0.328 e. The molecule has 1 heterocycles. The lowest BCUT2D eigenvalue weighted by Gasteiger charge is -2.06. The van der Waals surface area contributed by atoms with E-state index in [0.717, 1.165) is 10.6 Å². The Bertz CT molecular complexity index is 602. The molecule has 0 bridgehead atoms. The van der Waals surface area contributed by atoms with E-state index in [1.807, 2.05) is 30.5 Å². The van der Waals surface area contributed by atoms with Crippen LogP contribution in [0.2, 0.25) is 0 Å². The smallest absolute Gasteiger partial charge is 0.257 e. The summed E-state index contributed by atoms with van der Waals surface area (Å²) in [4.78, 5) is 26.3. The molecule has 18 heavy (non-hydrogen) atoms. The van der Waals surface area contributed by atoms with Crippen LogP contribution >= 0.6 is 11.8 Å². The van der Waals surface area contributed by atoms with Gasteiger partial charge < -0.3 is 10.3 Å². The molecule has 0 aliphatic rings. The number of carbonyl (C=O) groups excluding carboxylic acids is 1. The van der Waals surface area contributed by atoms with Crippen LogP contribution in [-0.4, -0.2) is 17.1 Å². The maximum atomic E-state index is 11.9. The van der Waals surface area contributed by atoms with Crippen molar-refractivity contribution in [3.8, 4) is 0 Å². The third kappa shape index (κ3) is 3.01. The highest BCUT2D eigenvalue weighted by atomic mass is 32.2. The number of rotatable bonds is 3. The molecule has 0 unspecified atom stereocenters. The van der Waals surface area contributed by atoms with Crippen LogP contribution in [0.25, 0.3) is 0 Å². The van der Waals surface area contributed by atoms with Crippen molar-refractivity contribution in [2.24, 2.45) is 0 Å². The van der Waals surface area contributed by atoms with Gasteiger partial charge in [-0.25, -0.2) is 0 Å². The van der Waals surface area contributed by atoms with Gasteiger partial charge >= 0.3 is 0 Å². The van der Waals surface area contributed by atoms with Crippen molar-refractivity contribution >= 4 is 23.4 Å². The van der Waals surface area contributed by atoms with Crippen molar-refractivity contribution in [2.45, 2.75) is 4.90 Å². The van der Waals surface area contributed by atoms with Gasteiger partial charge in [0.15, 0.2) is 0 Å². The summed E-state index contributed by atoms with van der Waals surface area (Å²) in [6.07, 6.45) is 3.37. The number of nitrogens with one attached hydrogen (secondary N) is 2. The average Bonchev–Trinajstić information content (AvgIpc) is 2.39. The van der Waals surface area contributed by atoms with Crippen molar-refractivity contribution < 1.29 is 4.79 Å². The quantitative estimate of drug-likeness (QED) is 0.833. The minimum atomic E-state index is -0.246. The summed E-state index contributed by atoms with van der Waals surface area (Å²) in [7, 11) is 0.